The maximum Gasteiger partial charge on any atom is 0.164 e. The largest absolute Gasteiger partial charge is 0.455 e. The highest BCUT2D eigenvalue weighted by Gasteiger charge is 2.26. The van der Waals surface area contributed by atoms with Crippen molar-refractivity contribution in [3.05, 3.63) is 413 Å². The average Bonchev–Trinajstić information content (AvgIpc) is 1.52. The van der Waals surface area contributed by atoms with E-state index in [4.69, 9.17) is 24.4 Å². The first-order valence-corrected chi connectivity index (χ1v) is 43.6. The molecule has 0 aliphatic heterocycles. The molecule has 0 atom stereocenters. The van der Waals surface area contributed by atoms with Crippen molar-refractivity contribution in [1.29, 1.82) is 0 Å². The van der Waals surface area contributed by atoms with Gasteiger partial charge in [-0.2, -0.15) is 0 Å². The van der Waals surface area contributed by atoms with E-state index in [-0.39, 0.29) is 0 Å². The summed E-state index contributed by atoms with van der Waals surface area (Å²) < 4.78 is 18.8. The number of furan rings is 1. The van der Waals surface area contributed by atoms with Gasteiger partial charge in [-0.05, 0) is 154 Å². The van der Waals surface area contributed by atoms with Crippen molar-refractivity contribution in [2.75, 3.05) is 0 Å². The highest BCUT2D eigenvalue weighted by Crippen LogP contribution is 2.48. The highest BCUT2D eigenvalue weighted by molar-refractivity contribution is 7.26. The molecule has 28 aromatic rings. The predicted molar refractivity (Wildman–Crippen MR) is 528 cm³/mol. The summed E-state index contributed by atoms with van der Waals surface area (Å²) in [4.78, 5) is 21.4. The summed E-state index contributed by atoms with van der Waals surface area (Å²) in [7, 11) is 0. The molecule has 0 aliphatic carbocycles. The summed E-state index contributed by atoms with van der Waals surface area (Å²) in [5.41, 5.74) is 23.2. The van der Waals surface area contributed by atoms with Crippen molar-refractivity contribution in [2.24, 2.45) is 0 Å². The van der Waals surface area contributed by atoms with Crippen molar-refractivity contribution in [3.8, 4) is 68.0 Å². The first-order valence-electron chi connectivity index (χ1n) is 42.8. The molecular weight excluding hydrogens is 1550 g/mol. The fourth-order valence-corrected chi connectivity index (χ4v) is 21.8. The molecule has 0 saturated heterocycles. The van der Waals surface area contributed by atoms with Crippen LogP contribution in [-0.4, -0.2) is 38.2 Å². The summed E-state index contributed by atoms with van der Waals surface area (Å²) in [6.07, 6.45) is 0. The second-order valence-electron chi connectivity index (χ2n) is 33.0. The van der Waals surface area contributed by atoms with E-state index in [1.165, 1.54) is 112 Å². The Bertz CT molecular complexity index is 8890. The van der Waals surface area contributed by atoms with Gasteiger partial charge in [-0.15, -0.1) is 11.3 Å². The fourth-order valence-electron chi connectivity index (χ4n) is 20.6. The fraction of sp³-hybridized carbons (Fsp3) is 0. The second-order valence-corrected chi connectivity index (χ2v) is 34.0. The number of rotatable bonds is 8. The molecule has 8 heterocycles. The molecule has 20 aromatic carbocycles. The molecule has 0 N–H and O–H groups in total. The summed E-state index contributed by atoms with van der Waals surface area (Å²) in [6.45, 7) is 0. The lowest BCUT2D eigenvalue weighted by atomic mass is 9.97. The number of hydrogen-bond donors (Lipinski definition) is 0. The van der Waals surface area contributed by atoms with E-state index in [0.29, 0.717) is 5.82 Å². The Morgan fingerprint density at radius 1 is 0.206 bits per heavy atom. The third-order valence-electron chi connectivity index (χ3n) is 26.2. The first kappa shape index (κ1) is 70.1. The molecule has 8 aromatic heterocycles. The zero-order chi connectivity index (χ0) is 82.3. The summed E-state index contributed by atoms with van der Waals surface area (Å²) in [5.74, 6) is 1.37. The van der Waals surface area contributed by atoms with E-state index >= 15 is 0 Å². The van der Waals surface area contributed by atoms with Gasteiger partial charge in [-0.1, -0.05) is 291 Å². The van der Waals surface area contributed by atoms with Gasteiger partial charge in [0, 0.05) is 124 Å². The van der Waals surface area contributed by atoms with Gasteiger partial charge < -0.3 is 22.7 Å². The molecule has 0 aliphatic rings. The lowest BCUT2D eigenvalue weighted by Gasteiger charge is -2.16. The van der Waals surface area contributed by atoms with Crippen LogP contribution in [0.3, 0.4) is 0 Å². The van der Waals surface area contributed by atoms with Crippen LogP contribution < -0.4 is 0 Å². The van der Waals surface area contributed by atoms with E-state index in [0.717, 1.165) is 144 Å². The Labute approximate surface area is 723 Å². The Kier molecular flexibility index (Phi) is 15.3. The topological polar surface area (TPSA) is 84.4 Å². The van der Waals surface area contributed by atoms with Crippen molar-refractivity contribution in [2.45, 2.75) is 0 Å². The third kappa shape index (κ3) is 10.5. The van der Waals surface area contributed by atoms with Gasteiger partial charge in [0.2, 0.25) is 0 Å². The minimum atomic E-state index is 0.633. The molecule has 0 amide bonds. The lowest BCUT2D eigenvalue weighted by Crippen LogP contribution is -1.99. The summed E-state index contributed by atoms with van der Waals surface area (Å²) in [6, 6.07) is 149. The van der Waals surface area contributed by atoms with Crippen LogP contribution in [0, 0.1) is 0 Å². The Morgan fingerprint density at radius 3 is 1.07 bits per heavy atom. The summed E-state index contributed by atoms with van der Waals surface area (Å²) in [5, 5.41) is 25.9. The molecular formula is C116H68N8OS. The standard InChI is InChI=1S/C58H34N4O.C58H34N4S/c2*1-2-15-36-33-53-48(32-35(36)14-1)42-31-30-37(61-50-26-8-4-16-40(50)41-17-5-9-27-51(41)61)34-54(42)62(53)52-28-13-20-38-39(52)21-11-22-44(38)56-46-19-3-7-25-49(46)59-58(60-56)47-24-12-23-45-43-18-6-10-29-55(43)63-57(45)47/h2*1-34H. The van der Waals surface area contributed by atoms with Crippen LogP contribution in [0.4, 0.5) is 0 Å². The van der Waals surface area contributed by atoms with Crippen LogP contribution in [-0.2, 0) is 0 Å². The van der Waals surface area contributed by atoms with Crippen LogP contribution in [0.25, 0.3) is 262 Å². The lowest BCUT2D eigenvalue weighted by molar-refractivity contribution is 0.669. The van der Waals surface area contributed by atoms with E-state index in [1.54, 1.807) is 0 Å². The van der Waals surface area contributed by atoms with Crippen LogP contribution in [0.2, 0.25) is 0 Å². The number of thiophene rings is 1. The third-order valence-corrected chi connectivity index (χ3v) is 27.4. The van der Waals surface area contributed by atoms with Gasteiger partial charge in [0.1, 0.15) is 11.2 Å². The van der Waals surface area contributed by atoms with Gasteiger partial charge in [0.25, 0.3) is 0 Å². The maximum atomic E-state index is 6.51. The zero-order valence-electron chi connectivity index (χ0n) is 67.7. The number of para-hydroxylation sites is 8. The molecule has 0 saturated carbocycles. The van der Waals surface area contributed by atoms with Crippen LogP contribution in [0.1, 0.15) is 0 Å². The quantitative estimate of drug-likeness (QED) is 0.151. The van der Waals surface area contributed by atoms with Crippen molar-refractivity contribution >= 4 is 206 Å². The molecule has 28 rings (SSSR count). The van der Waals surface area contributed by atoms with Gasteiger partial charge in [0.15, 0.2) is 11.6 Å². The average molecular weight is 1620 g/mol. The van der Waals surface area contributed by atoms with Crippen molar-refractivity contribution in [3.63, 3.8) is 0 Å². The molecule has 0 spiro atoms. The number of fused-ring (bicyclic) bond motifs is 24. The second kappa shape index (κ2) is 27.4. The number of nitrogens with zero attached hydrogens (tertiary/aromatic N) is 8. The molecule has 0 fully saturated rings. The molecule has 9 nitrogen and oxygen atoms in total. The minimum absolute atomic E-state index is 0.633. The highest BCUT2D eigenvalue weighted by atomic mass is 32.1. The molecule has 10 heteroatoms. The number of hydrogen-bond acceptors (Lipinski definition) is 6. The van der Waals surface area contributed by atoms with E-state index in [1.807, 2.05) is 29.5 Å². The first-order chi connectivity index (χ1) is 62.5. The molecule has 126 heavy (non-hydrogen) atoms. The Morgan fingerprint density at radius 2 is 0.563 bits per heavy atom. The Balaban J connectivity index is 0.000000131. The van der Waals surface area contributed by atoms with E-state index in [2.05, 4.69) is 413 Å². The molecule has 0 radical (unpaired) electrons. The molecule has 584 valence electrons. The predicted octanol–water partition coefficient (Wildman–Crippen LogP) is 31.2. The smallest absolute Gasteiger partial charge is 0.164 e. The van der Waals surface area contributed by atoms with Gasteiger partial charge in [-0.25, -0.2) is 19.9 Å². The van der Waals surface area contributed by atoms with Crippen molar-refractivity contribution in [1.82, 2.24) is 38.2 Å². The van der Waals surface area contributed by atoms with E-state index in [9.17, 15) is 0 Å². The monoisotopic (exact) mass is 1620 g/mol. The molecule has 0 unspecified atom stereocenters. The van der Waals surface area contributed by atoms with Crippen molar-refractivity contribution < 1.29 is 4.42 Å². The molecule has 0 bridgehead atoms. The summed E-state index contributed by atoms with van der Waals surface area (Å²) >= 11 is 1.81. The van der Waals surface area contributed by atoms with Crippen LogP contribution in [0.5, 0.6) is 0 Å². The number of aromatic nitrogens is 8. The zero-order valence-corrected chi connectivity index (χ0v) is 68.5. The van der Waals surface area contributed by atoms with E-state index < -0.39 is 0 Å². The normalized spacial score (nSPS) is 12.1. The van der Waals surface area contributed by atoms with Gasteiger partial charge >= 0.3 is 0 Å². The number of benzene rings is 20. The van der Waals surface area contributed by atoms with Gasteiger partial charge in [0.05, 0.1) is 83.5 Å². The maximum absolute atomic E-state index is 6.51. The minimum Gasteiger partial charge on any atom is -0.455 e. The SMILES string of the molecule is c1ccc2cc3c(cc2c1)c1ccc(-n2c4ccccc4c4ccccc42)cc1n3-c1cccc2c(-c3nc(-c4cccc5c4oc4ccccc45)nc4ccccc34)cccc12.c1ccc2cc3c(cc2c1)c1ccc(-n2c4ccccc4c4ccccc42)cc1n3-c1cccc2c(-c3nc(-c4cccc5c4sc4ccccc45)nc4ccccc34)cccc12. The van der Waals surface area contributed by atoms with Crippen LogP contribution in [0.15, 0.2) is 417 Å². The van der Waals surface area contributed by atoms with Crippen LogP contribution >= 0.6 is 11.3 Å². The van der Waals surface area contributed by atoms with Gasteiger partial charge in [-0.3, -0.25) is 0 Å². The Hall–Kier alpha value is -16.7.